The molecule has 0 aliphatic heterocycles. The Morgan fingerprint density at radius 3 is 2.45 bits per heavy atom. The predicted molar refractivity (Wildman–Crippen MR) is 92.1 cm³/mol. The van der Waals surface area contributed by atoms with Crippen LogP contribution in [0.1, 0.15) is 5.56 Å². The third-order valence-corrected chi connectivity index (χ3v) is 5.33. The van der Waals surface area contributed by atoms with Crippen LogP contribution in [0.3, 0.4) is 0 Å². The normalized spacial score (nSPS) is 11.7. The van der Waals surface area contributed by atoms with Crippen molar-refractivity contribution in [2.24, 2.45) is 0 Å². The maximum atomic E-state index is 12.4. The van der Waals surface area contributed by atoms with E-state index >= 15 is 0 Å². The lowest BCUT2D eigenvalue weighted by Crippen LogP contribution is -2.23. The fourth-order valence-electron chi connectivity index (χ4n) is 2.34. The third-order valence-electron chi connectivity index (χ3n) is 3.44. The van der Waals surface area contributed by atoms with E-state index in [-0.39, 0.29) is 11.4 Å². The second kappa shape index (κ2) is 6.20. The van der Waals surface area contributed by atoms with Gasteiger partial charge in [0.2, 0.25) is 10.0 Å². The Balaban J connectivity index is 1.88. The van der Waals surface area contributed by atoms with Crippen LogP contribution in [-0.4, -0.2) is 8.42 Å². The number of nitrogens with one attached hydrogen (secondary N) is 1. The molecule has 3 rings (SSSR count). The highest BCUT2D eigenvalue weighted by atomic mass is 79.9. The number of rotatable bonds is 4. The first-order valence-corrected chi connectivity index (χ1v) is 9.06. The van der Waals surface area contributed by atoms with Gasteiger partial charge >= 0.3 is 0 Å². The minimum absolute atomic E-state index is 0.252. The molecule has 0 heterocycles. The third kappa shape index (κ3) is 3.21. The van der Waals surface area contributed by atoms with Gasteiger partial charge in [-0.15, -0.1) is 0 Å². The first kappa shape index (κ1) is 15.2. The zero-order chi connectivity index (χ0) is 15.6. The van der Waals surface area contributed by atoms with Gasteiger partial charge in [-0.3, -0.25) is 0 Å². The van der Waals surface area contributed by atoms with E-state index in [0.717, 1.165) is 20.8 Å². The molecule has 3 aromatic carbocycles. The summed E-state index contributed by atoms with van der Waals surface area (Å²) >= 11 is 3.29. The fourth-order valence-corrected chi connectivity index (χ4v) is 3.94. The summed E-state index contributed by atoms with van der Waals surface area (Å²) < 4.78 is 28.1. The van der Waals surface area contributed by atoms with Gasteiger partial charge in [0, 0.05) is 11.0 Å². The molecule has 3 nitrogen and oxygen atoms in total. The molecule has 0 saturated carbocycles. The Labute approximate surface area is 138 Å². The molecular weight excluding hydrogens is 362 g/mol. The van der Waals surface area contributed by atoms with Gasteiger partial charge in [0.05, 0.1) is 4.90 Å². The molecule has 3 aromatic rings. The molecule has 5 heteroatoms. The minimum atomic E-state index is -3.53. The van der Waals surface area contributed by atoms with E-state index in [1.807, 2.05) is 42.5 Å². The lowest BCUT2D eigenvalue weighted by atomic mass is 10.1. The Morgan fingerprint density at radius 1 is 0.909 bits per heavy atom. The van der Waals surface area contributed by atoms with Gasteiger partial charge in [0.15, 0.2) is 0 Å². The van der Waals surface area contributed by atoms with E-state index in [4.69, 9.17) is 0 Å². The van der Waals surface area contributed by atoms with Gasteiger partial charge in [-0.1, -0.05) is 64.5 Å². The minimum Gasteiger partial charge on any atom is -0.207 e. The summed E-state index contributed by atoms with van der Waals surface area (Å²) in [4.78, 5) is 0.252. The van der Waals surface area contributed by atoms with E-state index in [0.29, 0.717) is 0 Å². The monoisotopic (exact) mass is 375 g/mol. The molecule has 0 bridgehead atoms. The van der Waals surface area contributed by atoms with Gasteiger partial charge in [-0.2, -0.15) is 0 Å². The van der Waals surface area contributed by atoms with Crippen LogP contribution < -0.4 is 4.72 Å². The molecule has 0 amide bonds. The average Bonchev–Trinajstić information content (AvgIpc) is 2.53. The Hall–Kier alpha value is -1.69. The molecule has 22 heavy (non-hydrogen) atoms. The highest BCUT2D eigenvalue weighted by Crippen LogP contribution is 2.20. The molecule has 0 spiro atoms. The molecule has 1 N–H and O–H groups in total. The van der Waals surface area contributed by atoms with Crippen molar-refractivity contribution in [2.75, 3.05) is 0 Å². The van der Waals surface area contributed by atoms with Crippen LogP contribution in [0, 0.1) is 0 Å². The summed E-state index contributed by atoms with van der Waals surface area (Å²) in [6.45, 7) is 0.260. The summed E-state index contributed by atoms with van der Waals surface area (Å²) in [5.41, 5.74) is 0.955. The molecule has 0 aromatic heterocycles. The maximum absolute atomic E-state index is 12.4. The number of hydrogen-bond donors (Lipinski definition) is 1. The number of fused-ring (bicyclic) bond motifs is 1. The lowest BCUT2D eigenvalue weighted by molar-refractivity contribution is 0.581. The van der Waals surface area contributed by atoms with Crippen molar-refractivity contribution >= 4 is 36.7 Å². The summed E-state index contributed by atoms with van der Waals surface area (Å²) in [6, 6.07) is 20.5. The number of benzene rings is 3. The number of sulfonamides is 1. The summed E-state index contributed by atoms with van der Waals surface area (Å²) in [5, 5.41) is 2.16. The van der Waals surface area contributed by atoms with Gasteiger partial charge in [-0.25, -0.2) is 13.1 Å². The zero-order valence-electron chi connectivity index (χ0n) is 11.7. The summed E-state index contributed by atoms with van der Waals surface area (Å²) in [5.74, 6) is 0. The van der Waals surface area contributed by atoms with Crippen molar-refractivity contribution in [1.82, 2.24) is 4.72 Å². The van der Waals surface area contributed by atoms with Crippen molar-refractivity contribution in [2.45, 2.75) is 11.4 Å². The molecule has 0 aliphatic rings. The second-order valence-electron chi connectivity index (χ2n) is 4.92. The van der Waals surface area contributed by atoms with Gasteiger partial charge < -0.3 is 0 Å². The van der Waals surface area contributed by atoms with Crippen LogP contribution in [0.25, 0.3) is 10.8 Å². The van der Waals surface area contributed by atoms with Crippen molar-refractivity contribution in [3.8, 4) is 0 Å². The zero-order valence-corrected chi connectivity index (χ0v) is 14.1. The lowest BCUT2D eigenvalue weighted by Gasteiger charge is -2.09. The SMILES string of the molecule is O=S(=O)(NCc1cccc2ccccc12)c1cccc(Br)c1. The van der Waals surface area contributed by atoms with E-state index in [1.54, 1.807) is 24.3 Å². The van der Waals surface area contributed by atoms with Crippen LogP contribution in [0.4, 0.5) is 0 Å². The molecule has 0 unspecified atom stereocenters. The molecule has 0 aliphatic carbocycles. The van der Waals surface area contributed by atoms with Crippen LogP contribution in [0.2, 0.25) is 0 Å². The number of halogens is 1. The van der Waals surface area contributed by atoms with E-state index in [1.165, 1.54) is 0 Å². The first-order valence-electron chi connectivity index (χ1n) is 6.78. The molecule has 0 atom stereocenters. The van der Waals surface area contributed by atoms with Gasteiger partial charge in [-0.05, 0) is 34.5 Å². The Morgan fingerprint density at radius 2 is 1.64 bits per heavy atom. The van der Waals surface area contributed by atoms with Crippen molar-refractivity contribution in [3.05, 3.63) is 76.8 Å². The Kier molecular flexibility index (Phi) is 4.29. The molecular formula is C17H14BrNO2S. The first-order chi connectivity index (χ1) is 10.6. The quantitative estimate of drug-likeness (QED) is 0.746. The average molecular weight is 376 g/mol. The maximum Gasteiger partial charge on any atom is 0.240 e. The van der Waals surface area contributed by atoms with E-state index in [9.17, 15) is 8.42 Å². The van der Waals surface area contributed by atoms with Crippen molar-refractivity contribution in [1.29, 1.82) is 0 Å². The smallest absolute Gasteiger partial charge is 0.207 e. The Bertz CT molecular complexity index is 917. The van der Waals surface area contributed by atoms with Crippen molar-refractivity contribution in [3.63, 3.8) is 0 Å². The second-order valence-corrected chi connectivity index (χ2v) is 7.60. The largest absolute Gasteiger partial charge is 0.240 e. The van der Waals surface area contributed by atoms with Crippen LogP contribution in [-0.2, 0) is 16.6 Å². The van der Waals surface area contributed by atoms with Gasteiger partial charge in [0.25, 0.3) is 0 Å². The van der Waals surface area contributed by atoms with Crippen LogP contribution in [0.15, 0.2) is 76.1 Å². The predicted octanol–water partition coefficient (Wildman–Crippen LogP) is 4.08. The number of hydrogen-bond acceptors (Lipinski definition) is 2. The highest BCUT2D eigenvalue weighted by Gasteiger charge is 2.14. The standard InChI is InChI=1S/C17H14BrNO2S/c18-15-8-4-9-16(11-15)22(20,21)19-12-14-7-3-6-13-5-1-2-10-17(13)14/h1-11,19H,12H2. The fraction of sp³-hybridized carbons (Fsp3) is 0.0588. The summed E-state index contributed by atoms with van der Waals surface area (Å²) in [7, 11) is -3.53. The molecule has 0 saturated heterocycles. The molecule has 112 valence electrons. The van der Waals surface area contributed by atoms with Crippen LogP contribution in [0.5, 0.6) is 0 Å². The van der Waals surface area contributed by atoms with E-state index < -0.39 is 10.0 Å². The molecule has 0 fully saturated rings. The topological polar surface area (TPSA) is 46.2 Å². The van der Waals surface area contributed by atoms with E-state index in [2.05, 4.69) is 20.7 Å². The molecule has 0 radical (unpaired) electrons. The highest BCUT2D eigenvalue weighted by molar-refractivity contribution is 9.10. The van der Waals surface area contributed by atoms with Crippen LogP contribution >= 0.6 is 15.9 Å². The van der Waals surface area contributed by atoms with Gasteiger partial charge in [0.1, 0.15) is 0 Å². The van der Waals surface area contributed by atoms with Crippen molar-refractivity contribution < 1.29 is 8.42 Å². The summed E-state index contributed by atoms with van der Waals surface area (Å²) in [6.07, 6.45) is 0.